The van der Waals surface area contributed by atoms with Crippen molar-refractivity contribution in [3.63, 3.8) is 0 Å². The standard InChI is InChI=1S/C23H19N7O2/c1-12-18(13(2)30(29-12)11-14-7-8-15(9-24)27-10-14)20-19(22(25)31)16-5-3-4-6-17(16)28-21(20)23(26)32/h3-8,10H,11H2,1-2H3,(H2,25,31)(H2,26,32). The van der Waals surface area contributed by atoms with Crippen LogP contribution in [0.4, 0.5) is 0 Å². The minimum absolute atomic E-state index is 0.0386. The van der Waals surface area contributed by atoms with Crippen LogP contribution in [0.3, 0.4) is 0 Å². The summed E-state index contributed by atoms with van der Waals surface area (Å²) < 4.78 is 1.73. The zero-order chi connectivity index (χ0) is 23.0. The molecule has 3 heterocycles. The van der Waals surface area contributed by atoms with E-state index in [4.69, 9.17) is 16.7 Å². The van der Waals surface area contributed by atoms with E-state index in [2.05, 4.69) is 15.1 Å². The number of hydrogen-bond donors (Lipinski definition) is 2. The summed E-state index contributed by atoms with van der Waals surface area (Å²) in [6.07, 6.45) is 1.61. The van der Waals surface area contributed by atoms with Crippen LogP contribution in [0.25, 0.3) is 22.0 Å². The van der Waals surface area contributed by atoms with Gasteiger partial charge in [-0.15, -0.1) is 0 Å². The fourth-order valence-electron chi connectivity index (χ4n) is 3.86. The Balaban J connectivity index is 1.95. The van der Waals surface area contributed by atoms with Gasteiger partial charge in [0.1, 0.15) is 17.5 Å². The van der Waals surface area contributed by atoms with E-state index in [1.165, 1.54) is 0 Å². The third-order valence-corrected chi connectivity index (χ3v) is 5.28. The topological polar surface area (TPSA) is 154 Å². The van der Waals surface area contributed by atoms with E-state index in [1.807, 2.05) is 13.0 Å². The average molecular weight is 425 g/mol. The highest BCUT2D eigenvalue weighted by Crippen LogP contribution is 2.36. The van der Waals surface area contributed by atoms with Gasteiger partial charge in [0.05, 0.1) is 23.3 Å². The molecule has 0 aliphatic carbocycles. The molecule has 0 unspecified atom stereocenters. The highest BCUT2D eigenvalue weighted by molar-refractivity contribution is 6.15. The van der Waals surface area contributed by atoms with Gasteiger partial charge in [0.15, 0.2) is 0 Å². The molecule has 9 heteroatoms. The fourth-order valence-corrected chi connectivity index (χ4v) is 3.86. The molecule has 0 bridgehead atoms. The first kappa shape index (κ1) is 20.7. The zero-order valence-corrected chi connectivity index (χ0v) is 17.5. The Morgan fingerprint density at radius 1 is 1.06 bits per heavy atom. The van der Waals surface area contributed by atoms with Crippen molar-refractivity contribution in [2.45, 2.75) is 20.4 Å². The van der Waals surface area contributed by atoms with Gasteiger partial charge in [0.25, 0.3) is 5.91 Å². The van der Waals surface area contributed by atoms with Crippen LogP contribution in [0.15, 0.2) is 42.6 Å². The summed E-state index contributed by atoms with van der Waals surface area (Å²) in [5, 5.41) is 14.1. The van der Waals surface area contributed by atoms with E-state index in [0.717, 1.165) is 5.56 Å². The van der Waals surface area contributed by atoms with Crippen LogP contribution in [0.2, 0.25) is 0 Å². The average Bonchev–Trinajstić information content (AvgIpc) is 3.05. The Morgan fingerprint density at radius 3 is 2.44 bits per heavy atom. The van der Waals surface area contributed by atoms with Crippen molar-refractivity contribution in [1.29, 1.82) is 5.26 Å². The Hall–Kier alpha value is -4.58. The van der Waals surface area contributed by atoms with Crippen molar-refractivity contribution in [1.82, 2.24) is 19.7 Å². The second-order valence-corrected chi connectivity index (χ2v) is 7.32. The Labute approximate surface area is 183 Å². The number of pyridine rings is 2. The molecule has 0 aliphatic rings. The van der Waals surface area contributed by atoms with Gasteiger partial charge in [-0.25, -0.2) is 9.97 Å². The minimum Gasteiger partial charge on any atom is -0.366 e. The van der Waals surface area contributed by atoms with E-state index in [-0.39, 0.29) is 16.8 Å². The third-order valence-electron chi connectivity index (χ3n) is 5.28. The maximum atomic E-state index is 12.5. The summed E-state index contributed by atoms with van der Waals surface area (Å²) in [5.41, 5.74) is 15.3. The number of rotatable bonds is 5. The van der Waals surface area contributed by atoms with Crippen LogP contribution in [-0.2, 0) is 6.54 Å². The number of aryl methyl sites for hydroxylation is 1. The fraction of sp³-hybridized carbons (Fsp3) is 0.130. The summed E-state index contributed by atoms with van der Waals surface area (Å²) in [7, 11) is 0. The molecule has 0 atom stereocenters. The number of carbonyl (C=O) groups is 2. The SMILES string of the molecule is Cc1nn(Cc2ccc(C#N)nc2)c(C)c1-c1c(C(N)=O)nc2ccccc2c1C(N)=O. The van der Waals surface area contributed by atoms with Gasteiger partial charge in [-0.2, -0.15) is 10.4 Å². The molecular weight excluding hydrogens is 406 g/mol. The number of hydrogen-bond acceptors (Lipinski definition) is 6. The van der Waals surface area contributed by atoms with Crippen molar-refractivity contribution in [2.75, 3.05) is 0 Å². The summed E-state index contributed by atoms with van der Waals surface area (Å²) in [5.74, 6) is -1.46. The predicted octanol–water partition coefficient (Wildman–Crippen LogP) is 2.23. The lowest BCUT2D eigenvalue weighted by atomic mass is 9.92. The summed E-state index contributed by atoms with van der Waals surface area (Å²) in [6.45, 7) is 3.99. The molecule has 3 aromatic heterocycles. The van der Waals surface area contributed by atoms with Crippen LogP contribution >= 0.6 is 0 Å². The lowest BCUT2D eigenvalue weighted by molar-refractivity contribution is 0.0996. The second kappa shape index (κ2) is 7.92. The molecule has 0 fully saturated rings. The van der Waals surface area contributed by atoms with Gasteiger partial charge < -0.3 is 11.5 Å². The van der Waals surface area contributed by atoms with Gasteiger partial charge in [0.2, 0.25) is 5.91 Å². The number of carbonyl (C=O) groups excluding carboxylic acids is 2. The van der Waals surface area contributed by atoms with E-state index in [0.29, 0.717) is 40.1 Å². The number of para-hydroxylation sites is 1. The highest BCUT2D eigenvalue weighted by Gasteiger charge is 2.27. The number of primary amides is 2. The molecule has 158 valence electrons. The Morgan fingerprint density at radius 2 is 1.81 bits per heavy atom. The van der Waals surface area contributed by atoms with Crippen molar-refractivity contribution in [3.05, 3.63) is 76.5 Å². The Bertz CT molecular complexity index is 1430. The van der Waals surface area contributed by atoms with Crippen molar-refractivity contribution < 1.29 is 9.59 Å². The van der Waals surface area contributed by atoms with Gasteiger partial charge in [0, 0.05) is 28.4 Å². The molecule has 0 aliphatic heterocycles. The molecule has 0 saturated heterocycles. The van der Waals surface area contributed by atoms with Crippen molar-refractivity contribution >= 4 is 22.7 Å². The lowest BCUT2D eigenvalue weighted by Gasteiger charge is -2.14. The molecule has 4 N–H and O–H groups in total. The summed E-state index contributed by atoms with van der Waals surface area (Å²) >= 11 is 0. The molecule has 4 aromatic rings. The maximum absolute atomic E-state index is 12.5. The van der Waals surface area contributed by atoms with E-state index >= 15 is 0 Å². The summed E-state index contributed by atoms with van der Waals surface area (Å²) in [6, 6.07) is 12.4. The van der Waals surface area contributed by atoms with Crippen LogP contribution in [0.5, 0.6) is 0 Å². The van der Waals surface area contributed by atoms with Crippen LogP contribution in [0.1, 0.15) is 43.5 Å². The maximum Gasteiger partial charge on any atom is 0.267 e. The number of nitrogens with two attached hydrogens (primary N) is 2. The van der Waals surface area contributed by atoms with Crippen molar-refractivity contribution in [3.8, 4) is 17.2 Å². The van der Waals surface area contributed by atoms with Crippen LogP contribution in [0, 0.1) is 25.2 Å². The minimum atomic E-state index is -0.768. The molecular formula is C23H19N7O2. The highest BCUT2D eigenvalue weighted by atomic mass is 16.1. The number of benzene rings is 1. The van der Waals surface area contributed by atoms with Gasteiger partial charge in [-0.1, -0.05) is 24.3 Å². The smallest absolute Gasteiger partial charge is 0.267 e. The molecule has 0 radical (unpaired) electrons. The molecule has 32 heavy (non-hydrogen) atoms. The van der Waals surface area contributed by atoms with Crippen LogP contribution < -0.4 is 11.5 Å². The zero-order valence-electron chi connectivity index (χ0n) is 17.5. The number of nitriles is 1. The first-order valence-corrected chi connectivity index (χ1v) is 9.73. The second-order valence-electron chi connectivity index (χ2n) is 7.32. The van der Waals surface area contributed by atoms with E-state index in [9.17, 15) is 9.59 Å². The largest absolute Gasteiger partial charge is 0.366 e. The predicted molar refractivity (Wildman–Crippen MR) is 118 cm³/mol. The van der Waals surface area contributed by atoms with E-state index < -0.39 is 11.8 Å². The van der Waals surface area contributed by atoms with Crippen molar-refractivity contribution in [2.24, 2.45) is 11.5 Å². The molecule has 4 rings (SSSR count). The molecule has 0 saturated carbocycles. The molecule has 9 nitrogen and oxygen atoms in total. The lowest BCUT2D eigenvalue weighted by Crippen LogP contribution is -2.21. The van der Waals surface area contributed by atoms with Gasteiger partial charge >= 0.3 is 0 Å². The van der Waals surface area contributed by atoms with E-state index in [1.54, 1.807) is 54.2 Å². The monoisotopic (exact) mass is 425 g/mol. The Kier molecular flexibility index (Phi) is 5.12. The summed E-state index contributed by atoms with van der Waals surface area (Å²) in [4.78, 5) is 33.4. The first-order valence-electron chi connectivity index (χ1n) is 9.73. The number of nitrogens with zero attached hydrogens (tertiary/aromatic N) is 5. The third kappa shape index (κ3) is 3.44. The number of amides is 2. The first-order chi connectivity index (χ1) is 15.3. The van der Waals surface area contributed by atoms with Gasteiger partial charge in [-0.3, -0.25) is 14.3 Å². The van der Waals surface area contributed by atoms with Gasteiger partial charge in [-0.05, 0) is 31.5 Å². The number of aromatic nitrogens is 4. The normalized spacial score (nSPS) is 10.8. The molecule has 1 aromatic carbocycles. The molecule has 0 spiro atoms. The number of fused-ring (bicyclic) bond motifs is 1. The van der Waals surface area contributed by atoms with Crippen LogP contribution in [-0.4, -0.2) is 31.6 Å². The molecule has 2 amide bonds. The quantitative estimate of drug-likeness (QED) is 0.500.